The Balaban J connectivity index is 2.42. The van der Waals surface area contributed by atoms with Crippen LogP contribution in [0.15, 0.2) is 24.3 Å². The standard InChI is InChI=1S/C15H21NO3/c1-4-19-15(18)9-8-14(17)11-16(3)13-7-5-6-12(2)10-13/h5-7,10H,4,8-9,11H2,1-3H3. The number of Topliss-reactive ketones (excluding diaryl/α,β-unsaturated/α-hetero) is 1. The van der Waals surface area contributed by atoms with Gasteiger partial charge in [0.2, 0.25) is 0 Å². The molecule has 0 saturated heterocycles. The zero-order chi connectivity index (χ0) is 14.3. The highest BCUT2D eigenvalue weighted by Crippen LogP contribution is 2.14. The molecule has 0 fully saturated rings. The molecule has 0 N–H and O–H groups in total. The van der Waals surface area contributed by atoms with Crippen molar-refractivity contribution in [3.8, 4) is 0 Å². The molecular formula is C15H21NO3. The number of esters is 1. The first-order valence-electron chi connectivity index (χ1n) is 6.48. The zero-order valence-corrected chi connectivity index (χ0v) is 11.8. The molecule has 0 atom stereocenters. The Morgan fingerprint density at radius 1 is 1.26 bits per heavy atom. The number of nitrogens with zero attached hydrogens (tertiary/aromatic N) is 1. The highest BCUT2D eigenvalue weighted by atomic mass is 16.5. The topological polar surface area (TPSA) is 46.6 Å². The zero-order valence-electron chi connectivity index (χ0n) is 11.8. The number of ether oxygens (including phenoxy) is 1. The van der Waals surface area contributed by atoms with Crippen molar-refractivity contribution in [3.63, 3.8) is 0 Å². The van der Waals surface area contributed by atoms with Gasteiger partial charge in [-0.05, 0) is 31.5 Å². The number of hydrogen-bond acceptors (Lipinski definition) is 4. The van der Waals surface area contributed by atoms with E-state index >= 15 is 0 Å². The van der Waals surface area contributed by atoms with E-state index in [9.17, 15) is 9.59 Å². The average molecular weight is 263 g/mol. The lowest BCUT2D eigenvalue weighted by Crippen LogP contribution is -2.26. The summed E-state index contributed by atoms with van der Waals surface area (Å²) < 4.78 is 4.79. The lowest BCUT2D eigenvalue weighted by Gasteiger charge is -2.18. The quantitative estimate of drug-likeness (QED) is 0.708. The largest absolute Gasteiger partial charge is 0.466 e. The van der Waals surface area contributed by atoms with Crippen LogP contribution in [-0.4, -0.2) is 32.0 Å². The third kappa shape index (κ3) is 5.55. The molecule has 1 aromatic rings. The van der Waals surface area contributed by atoms with E-state index in [2.05, 4.69) is 0 Å². The van der Waals surface area contributed by atoms with Gasteiger partial charge in [0.1, 0.15) is 0 Å². The molecule has 1 aromatic carbocycles. The second-order valence-corrected chi connectivity index (χ2v) is 4.54. The molecule has 19 heavy (non-hydrogen) atoms. The molecule has 0 aliphatic heterocycles. The highest BCUT2D eigenvalue weighted by molar-refractivity contribution is 5.86. The van der Waals surface area contributed by atoms with Gasteiger partial charge in [-0.1, -0.05) is 12.1 Å². The van der Waals surface area contributed by atoms with Gasteiger partial charge in [0.25, 0.3) is 0 Å². The summed E-state index contributed by atoms with van der Waals surface area (Å²) in [7, 11) is 1.87. The third-order valence-corrected chi connectivity index (χ3v) is 2.77. The van der Waals surface area contributed by atoms with Gasteiger partial charge in [-0.25, -0.2) is 0 Å². The van der Waals surface area contributed by atoms with E-state index in [0.29, 0.717) is 13.2 Å². The second kappa shape index (κ2) is 7.56. The Kier molecular flexibility index (Phi) is 6.06. The lowest BCUT2D eigenvalue weighted by molar-refractivity contribution is -0.144. The summed E-state index contributed by atoms with van der Waals surface area (Å²) in [6, 6.07) is 7.97. The summed E-state index contributed by atoms with van der Waals surface area (Å²) in [5.41, 5.74) is 2.16. The number of rotatable bonds is 7. The number of aryl methyl sites for hydroxylation is 1. The molecule has 104 valence electrons. The molecular weight excluding hydrogens is 242 g/mol. The minimum Gasteiger partial charge on any atom is -0.466 e. The molecule has 1 rings (SSSR count). The van der Waals surface area contributed by atoms with E-state index < -0.39 is 0 Å². The van der Waals surface area contributed by atoms with Crippen LogP contribution in [0.4, 0.5) is 5.69 Å². The Hall–Kier alpha value is -1.84. The monoisotopic (exact) mass is 263 g/mol. The van der Waals surface area contributed by atoms with E-state index in [1.54, 1.807) is 6.92 Å². The summed E-state index contributed by atoms with van der Waals surface area (Å²) >= 11 is 0. The maximum atomic E-state index is 11.8. The SMILES string of the molecule is CCOC(=O)CCC(=O)CN(C)c1cccc(C)c1. The van der Waals surface area contributed by atoms with Crippen molar-refractivity contribution in [2.45, 2.75) is 26.7 Å². The fraction of sp³-hybridized carbons (Fsp3) is 0.467. The van der Waals surface area contributed by atoms with Crippen molar-refractivity contribution in [2.75, 3.05) is 25.1 Å². The molecule has 0 bridgehead atoms. The Morgan fingerprint density at radius 3 is 2.63 bits per heavy atom. The molecule has 0 aliphatic rings. The van der Waals surface area contributed by atoms with Crippen LogP contribution in [0.25, 0.3) is 0 Å². The van der Waals surface area contributed by atoms with Gasteiger partial charge < -0.3 is 9.64 Å². The minimum absolute atomic E-state index is 0.0389. The molecule has 0 aromatic heterocycles. The highest BCUT2D eigenvalue weighted by Gasteiger charge is 2.10. The van der Waals surface area contributed by atoms with Crippen LogP contribution in [0.5, 0.6) is 0 Å². The number of benzene rings is 1. The smallest absolute Gasteiger partial charge is 0.306 e. The maximum Gasteiger partial charge on any atom is 0.306 e. The predicted molar refractivity (Wildman–Crippen MR) is 75.3 cm³/mol. The number of carbonyl (C=O) groups excluding carboxylic acids is 2. The van der Waals surface area contributed by atoms with Crippen molar-refractivity contribution in [1.29, 1.82) is 0 Å². The minimum atomic E-state index is -0.311. The van der Waals surface area contributed by atoms with Gasteiger partial charge in [0, 0.05) is 19.2 Å². The molecule has 0 unspecified atom stereocenters. The van der Waals surface area contributed by atoms with Crippen LogP contribution >= 0.6 is 0 Å². The van der Waals surface area contributed by atoms with Gasteiger partial charge in [0.15, 0.2) is 5.78 Å². The van der Waals surface area contributed by atoms with Crippen LogP contribution < -0.4 is 4.90 Å². The van der Waals surface area contributed by atoms with Gasteiger partial charge in [-0.2, -0.15) is 0 Å². The van der Waals surface area contributed by atoms with Gasteiger partial charge in [-0.15, -0.1) is 0 Å². The molecule has 0 saturated carbocycles. The fourth-order valence-electron chi connectivity index (χ4n) is 1.77. The van der Waals surface area contributed by atoms with Gasteiger partial charge in [0.05, 0.1) is 19.6 Å². The lowest BCUT2D eigenvalue weighted by atomic mass is 10.2. The van der Waals surface area contributed by atoms with E-state index in [1.807, 2.05) is 43.1 Å². The molecule has 4 heteroatoms. The Labute approximate surface area is 114 Å². The van der Waals surface area contributed by atoms with Gasteiger partial charge >= 0.3 is 5.97 Å². The van der Waals surface area contributed by atoms with Crippen molar-refractivity contribution < 1.29 is 14.3 Å². The molecule has 4 nitrogen and oxygen atoms in total. The number of ketones is 1. The van der Waals surface area contributed by atoms with Crippen LogP contribution in [0.3, 0.4) is 0 Å². The number of anilines is 1. The number of likely N-dealkylation sites (N-methyl/N-ethyl adjacent to an activating group) is 1. The summed E-state index contributed by atoms with van der Waals surface area (Å²) in [6.45, 7) is 4.43. The van der Waals surface area contributed by atoms with Crippen molar-refractivity contribution >= 4 is 17.4 Å². The molecule has 0 aliphatic carbocycles. The van der Waals surface area contributed by atoms with Crippen molar-refractivity contribution in [1.82, 2.24) is 0 Å². The van der Waals surface area contributed by atoms with E-state index in [-0.39, 0.29) is 24.6 Å². The molecule has 0 heterocycles. The van der Waals surface area contributed by atoms with Crippen LogP contribution in [0.2, 0.25) is 0 Å². The number of hydrogen-bond donors (Lipinski definition) is 0. The van der Waals surface area contributed by atoms with Crippen LogP contribution in [0.1, 0.15) is 25.3 Å². The average Bonchev–Trinajstić information content (AvgIpc) is 2.36. The van der Waals surface area contributed by atoms with Crippen molar-refractivity contribution in [3.05, 3.63) is 29.8 Å². The first kappa shape index (κ1) is 15.2. The molecule has 0 spiro atoms. The summed E-state index contributed by atoms with van der Waals surface area (Å²) in [6.07, 6.45) is 0.392. The number of carbonyl (C=O) groups is 2. The first-order valence-corrected chi connectivity index (χ1v) is 6.48. The normalized spacial score (nSPS) is 10.1. The summed E-state index contributed by atoms with van der Waals surface area (Å²) in [5, 5.41) is 0. The van der Waals surface area contributed by atoms with Gasteiger partial charge in [-0.3, -0.25) is 9.59 Å². The second-order valence-electron chi connectivity index (χ2n) is 4.54. The van der Waals surface area contributed by atoms with E-state index in [4.69, 9.17) is 4.74 Å². The Bertz CT molecular complexity index is 443. The summed E-state index contributed by atoms with van der Waals surface area (Å²) in [5.74, 6) is -0.272. The third-order valence-electron chi connectivity index (χ3n) is 2.77. The summed E-state index contributed by atoms with van der Waals surface area (Å²) in [4.78, 5) is 24.8. The molecule has 0 amide bonds. The van der Waals surface area contributed by atoms with E-state index in [1.165, 1.54) is 0 Å². The fourth-order valence-corrected chi connectivity index (χ4v) is 1.77. The van der Waals surface area contributed by atoms with Crippen molar-refractivity contribution in [2.24, 2.45) is 0 Å². The first-order chi connectivity index (χ1) is 9.02. The van der Waals surface area contributed by atoms with E-state index in [0.717, 1.165) is 11.3 Å². The van der Waals surface area contributed by atoms with Crippen LogP contribution in [-0.2, 0) is 14.3 Å². The maximum absolute atomic E-state index is 11.8. The molecule has 0 radical (unpaired) electrons. The van der Waals surface area contributed by atoms with Crippen LogP contribution in [0, 0.1) is 6.92 Å². The Morgan fingerprint density at radius 2 is 2.00 bits per heavy atom. The predicted octanol–water partition coefficient (Wildman–Crippen LogP) is 2.34.